The van der Waals surface area contributed by atoms with Crippen molar-refractivity contribution in [1.29, 1.82) is 0 Å². The van der Waals surface area contributed by atoms with E-state index in [1.54, 1.807) is 23.5 Å². The second-order valence-electron chi connectivity index (χ2n) is 6.42. The van der Waals surface area contributed by atoms with Gasteiger partial charge in [-0.05, 0) is 23.6 Å². The first-order valence-electron chi connectivity index (χ1n) is 9.19. The van der Waals surface area contributed by atoms with Crippen LogP contribution in [0.25, 0.3) is 21.5 Å². The van der Waals surface area contributed by atoms with Gasteiger partial charge < -0.3 is 19.5 Å². The van der Waals surface area contributed by atoms with Crippen molar-refractivity contribution in [2.24, 2.45) is 0 Å². The largest absolute Gasteiger partial charge is 0.493 e. The lowest BCUT2D eigenvalue weighted by molar-refractivity contribution is 0.102. The Balaban J connectivity index is 1.77. The lowest BCUT2D eigenvalue weighted by Crippen LogP contribution is -2.13. The molecule has 30 heavy (non-hydrogen) atoms. The average molecular weight is 420 g/mol. The predicted octanol–water partition coefficient (Wildman–Crippen LogP) is 5.24. The molecule has 6 nitrogen and oxygen atoms in total. The Hall–Kier alpha value is -3.58. The third-order valence-electron chi connectivity index (χ3n) is 4.66. The highest BCUT2D eigenvalue weighted by Crippen LogP contribution is 2.40. The van der Waals surface area contributed by atoms with Gasteiger partial charge in [-0.25, -0.2) is 4.98 Å². The van der Waals surface area contributed by atoms with Crippen LogP contribution < -0.4 is 19.5 Å². The van der Waals surface area contributed by atoms with Gasteiger partial charge in [-0.2, -0.15) is 0 Å². The number of methoxy groups -OCH3 is 3. The van der Waals surface area contributed by atoms with E-state index in [1.807, 2.05) is 47.8 Å². The maximum Gasteiger partial charge on any atom is 0.256 e. The zero-order chi connectivity index (χ0) is 21.1. The van der Waals surface area contributed by atoms with Crippen molar-refractivity contribution in [3.63, 3.8) is 0 Å². The Labute approximate surface area is 178 Å². The highest BCUT2D eigenvalue weighted by molar-refractivity contribution is 7.13. The van der Waals surface area contributed by atoms with Crippen molar-refractivity contribution in [2.45, 2.75) is 0 Å². The fraction of sp³-hybridized carbons (Fsp3) is 0.130. The van der Waals surface area contributed by atoms with E-state index < -0.39 is 0 Å². The molecule has 4 aromatic rings. The zero-order valence-electron chi connectivity index (χ0n) is 16.8. The summed E-state index contributed by atoms with van der Waals surface area (Å²) in [5, 5.41) is 5.71. The molecular weight excluding hydrogens is 400 g/mol. The fourth-order valence-corrected chi connectivity index (χ4v) is 3.95. The molecule has 0 atom stereocenters. The maximum absolute atomic E-state index is 13.3. The van der Waals surface area contributed by atoms with E-state index in [0.717, 1.165) is 21.5 Å². The number of fused-ring (bicyclic) bond motifs is 1. The third-order valence-corrected chi connectivity index (χ3v) is 5.55. The van der Waals surface area contributed by atoms with Crippen molar-refractivity contribution in [1.82, 2.24) is 4.98 Å². The number of nitrogens with zero attached hydrogens (tertiary/aromatic N) is 1. The van der Waals surface area contributed by atoms with Crippen LogP contribution in [0.4, 0.5) is 5.69 Å². The molecular formula is C23H20N2O4S. The Morgan fingerprint density at radius 2 is 1.67 bits per heavy atom. The van der Waals surface area contributed by atoms with Gasteiger partial charge in [-0.15, -0.1) is 11.3 Å². The Morgan fingerprint density at radius 1 is 0.933 bits per heavy atom. The minimum atomic E-state index is -0.249. The second kappa shape index (κ2) is 8.42. The van der Waals surface area contributed by atoms with Crippen LogP contribution in [-0.4, -0.2) is 32.2 Å². The normalized spacial score (nSPS) is 10.6. The first kappa shape index (κ1) is 19.7. The van der Waals surface area contributed by atoms with Gasteiger partial charge in [0.2, 0.25) is 5.75 Å². The molecule has 0 spiro atoms. The summed E-state index contributed by atoms with van der Waals surface area (Å²) in [4.78, 5) is 19.0. The molecule has 0 aliphatic heterocycles. The molecule has 0 unspecified atom stereocenters. The molecule has 1 amide bonds. The molecule has 0 fully saturated rings. The van der Waals surface area contributed by atoms with Crippen molar-refractivity contribution in [3.8, 4) is 27.8 Å². The molecule has 4 rings (SSSR count). The average Bonchev–Trinajstić information content (AvgIpc) is 3.32. The number of hydrogen-bond donors (Lipinski definition) is 1. The number of ether oxygens (including phenoxy) is 3. The van der Waals surface area contributed by atoms with Crippen molar-refractivity contribution < 1.29 is 19.0 Å². The lowest BCUT2D eigenvalue weighted by atomic mass is 10.1. The van der Waals surface area contributed by atoms with E-state index >= 15 is 0 Å². The summed E-state index contributed by atoms with van der Waals surface area (Å²) < 4.78 is 16.1. The summed E-state index contributed by atoms with van der Waals surface area (Å²) in [5.74, 6) is 1.14. The number of amides is 1. The van der Waals surface area contributed by atoms with Crippen molar-refractivity contribution >= 4 is 33.8 Å². The summed E-state index contributed by atoms with van der Waals surface area (Å²) in [6, 6.07) is 16.8. The number of carbonyl (C=O) groups excluding carboxylic acids is 1. The van der Waals surface area contributed by atoms with E-state index in [4.69, 9.17) is 19.2 Å². The molecule has 7 heteroatoms. The first-order chi connectivity index (χ1) is 14.6. The van der Waals surface area contributed by atoms with Gasteiger partial charge in [0.05, 0.1) is 43.0 Å². The zero-order valence-corrected chi connectivity index (χ0v) is 17.6. The number of rotatable bonds is 6. The predicted molar refractivity (Wildman–Crippen MR) is 119 cm³/mol. The first-order valence-corrected chi connectivity index (χ1v) is 10.1. The Kier molecular flexibility index (Phi) is 5.54. The molecule has 2 aromatic heterocycles. The van der Waals surface area contributed by atoms with Crippen LogP contribution >= 0.6 is 11.3 Å². The van der Waals surface area contributed by atoms with E-state index in [9.17, 15) is 4.79 Å². The molecule has 152 valence electrons. The number of thiophene rings is 1. The molecule has 1 N–H and O–H groups in total. The van der Waals surface area contributed by atoms with Gasteiger partial charge >= 0.3 is 0 Å². The molecule has 0 radical (unpaired) electrons. The SMILES string of the molecule is COc1cc(NC(=O)c2cc(-c3cccs3)nc3ccccc23)cc(OC)c1OC. The van der Waals surface area contributed by atoms with E-state index in [0.29, 0.717) is 28.5 Å². The molecule has 0 saturated carbocycles. The number of para-hydroxylation sites is 1. The summed E-state index contributed by atoms with van der Waals surface area (Å²) >= 11 is 1.58. The van der Waals surface area contributed by atoms with Gasteiger partial charge in [-0.3, -0.25) is 4.79 Å². The highest BCUT2D eigenvalue weighted by atomic mass is 32.1. The minimum absolute atomic E-state index is 0.249. The molecule has 2 aromatic carbocycles. The van der Waals surface area contributed by atoms with Crippen LogP contribution in [0, 0.1) is 0 Å². The van der Waals surface area contributed by atoms with E-state index in [-0.39, 0.29) is 5.91 Å². The topological polar surface area (TPSA) is 69.7 Å². The van der Waals surface area contributed by atoms with Crippen LogP contribution in [0.1, 0.15) is 10.4 Å². The maximum atomic E-state index is 13.3. The molecule has 0 bridgehead atoms. The molecule has 0 saturated heterocycles. The van der Waals surface area contributed by atoms with Crippen molar-refractivity contribution in [3.05, 3.63) is 65.5 Å². The Morgan fingerprint density at radius 3 is 2.30 bits per heavy atom. The summed E-state index contributed by atoms with van der Waals surface area (Å²) in [6.45, 7) is 0. The van der Waals surface area contributed by atoms with E-state index in [2.05, 4.69) is 5.32 Å². The Bertz CT molecular complexity index is 1180. The van der Waals surface area contributed by atoms with Crippen molar-refractivity contribution in [2.75, 3.05) is 26.6 Å². The standard InChI is InChI=1S/C23H20N2O4S/c1-27-19-11-14(12-20(28-2)22(19)29-3)24-23(26)16-13-18(21-9-6-10-30-21)25-17-8-5-4-7-15(16)17/h4-13H,1-3H3,(H,24,26). The van der Waals surface area contributed by atoms with Crippen LogP contribution in [0.15, 0.2) is 60.0 Å². The number of hydrogen-bond acceptors (Lipinski definition) is 6. The molecule has 2 heterocycles. The minimum Gasteiger partial charge on any atom is -0.493 e. The summed E-state index contributed by atoms with van der Waals surface area (Å²) in [5.41, 5.74) is 2.60. The van der Waals surface area contributed by atoms with Crippen LogP contribution in [-0.2, 0) is 0 Å². The fourth-order valence-electron chi connectivity index (χ4n) is 3.27. The molecule has 0 aliphatic rings. The van der Waals surface area contributed by atoms with Crippen LogP contribution in [0.2, 0.25) is 0 Å². The van der Waals surface area contributed by atoms with Gasteiger partial charge in [0.25, 0.3) is 5.91 Å². The van der Waals surface area contributed by atoms with Crippen LogP contribution in [0.5, 0.6) is 17.2 Å². The highest BCUT2D eigenvalue weighted by Gasteiger charge is 2.18. The second-order valence-corrected chi connectivity index (χ2v) is 7.37. The molecule has 0 aliphatic carbocycles. The number of aromatic nitrogens is 1. The third kappa shape index (κ3) is 3.67. The summed E-state index contributed by atoms with van der Waals surface area (Å²) in [6.07, 6.45) is 0. The number of anilines is 1. The number of nitrogens with one attached hydrogen (secondary N) is 1. The number of benzene rings is 2. The summed E-state index contributed by atoms with van der Waals surface area (Å²) in [7, 11) is 4.60. The quantitative estimate of drug-likeness (QED) is 0.462. The van der Waals surface area contributed by atoms with Gasteiger partial charge in [0.1, 0.15) is 0 Å². The smallest absolute Gasteiger partial charge is 0.256 e. The monoisotopic (exact) mass is 420 g/mol. The van der Waals surface area contributed by atoms with Gasteiger partial charge in [0.15, 0.2) is 11.5 Å². The van der Waals surface area contributed by atoms with Gasteiger partial charge in [0, 0.05) is 23.2 Å². The van der Waals surface area contributed by atoms with Crippen LogP contribution in [0.3, 0.4) is 0 Å². The van der Waals surface area contributed by atoms with E-state index in [1.165, 1.54) is 21.3 Å². The number of carbonyl (C=O) groups is 1. The van der Waals surface area contributed by atoms with Gasteiger partial charge in [-0.1, -0.05) is 24.3 Å². The lowest BCUT2D eigenvalue weighted by Gasteiger charge is -2.15. The number of pyridine rings is 1.